The predicted octanol–water partition coefficient (Wildman–Crippen LogP) is 2.22. The van der Waals surface area contributed by atoms with Crippen LogP contribution in [0.4, 0.5) is 0 Å². The normalized spacial score (nSPS) is 16.6. The van der Waals surface area contributed by atoms with Gasteiger partial charge in [0.05, 0.1) is 31.0 Å². The van der Waals surface area contributed by atoms with Crippen LogP contribution in [0.5, 0.6) is 0 Å². The van der Waals surface area contributed by atoms with Gasteiger partial charge in [0.15, 0.2) is 0 Å². The molecule has 1 N–H and O–H groups in total. The van der Waals surface area contributed by atoms with Crippen LogP contribution in [0.1, 0.15) is 19.5 Å². The van der Waals surface area contributed by atoms with Gasteiger partial charge in [-0.15, -0.1) is 11.3 Å². The van der Waals surface area contributed by atoms with Crippen LogP contribution < -0.4 is 5.32 Å². The van der Waals surface area contributed by atoms with E-state index in [4.69, 9.17) is 4.74 Å². The Balaban J connectivity index is 1.52. The number of hydrogen-bond acceptors (Lipinski definition) is 6. The van der Waals surface area contributed by atoms with Crippen molar-refractivity contribution in [2.45, 2.75) is 26.3 Å². The van der Waals surface area contributed by atoms with Gasteiger partial charge >= 0.3 is 0 Å². The van der Waals surface area contributed by atoms with Crippen LogP contribution in [-0.4, -0.2) is 59.7 Å². The standard InChI is InChI=1S/C19H26N4O2S/c1-14(2)17(23-7-9-25-10-8-23)12-21-18(24)11-15-13-26-19(22-15)16-5-3-4-6-20-16/h3-6,13-14,17H,7-12H2,1-2H3,(H,21,24). The second-order valence-electron chi connectivity index (χ2n) is 6.80. The molecule has 1 aliphatic rings. The van der Waals surface area contributed by atoms with Gasteiger partial charge in [-0.3, -0.25) is 14.7 Å². The smallest absolute Gasteiger partial charge is 0.226 e. The number of pyridine rings is 1. The molecule has 2 aromatic rings. The molecule has 0 bridgehead atoms. The summed E-state index contributed by atoms with van der Waals surface area (Å²) in [7, 11) is 0. The molecule has 140 valence electrons. The molecule has 1 amide bonds. The summed E-state index contributed by atoms with van der Waals surface area (Å²) in [6.45, 7) is 8.46. The Bertz CT molecular complexity index is 699. The van der Waals surface area contributed by atoms with Crippen LogP contribution in [0.3, 0.4) is 0 Å². The molecule has 0 aliphatic carbocycles. The molecule has 1 atom stereocenters. The Morgan fingerprint density at radius 2 is 2.15 bits per heavy atom. The van der Waals surface area contributed by atoms with Gasteiger partial charge in [0, 0.05) is 37.3 Å². The Kier molecular flexibility index (Phi) is 6.71. The average molecular weight is 375 g/mol. The first-order valence-electron chi connectivity index (χ1n) is 9.08. The van der Waals surface area contributed by atoms with Gasteiger partial charge in [0.2, 0.25) is 5.91 Å². The fraction of sp³-hybridized carbons (Fsp3) is 0.526. The first-order chi connectivity index (χ1) is 12.6. The monoisotopic (exact) mass is 374 g/mol. The average Bonchev–Trinajstić information content (AvgIpc) is 3.11. The van der Waals surface area contributed by atoms with Crippen molar-refractivity contribution in [2.24, 2.45) is 5.92 Å². The van der Waals surface area contributed by atoms with Crippen molar-refractivity contribution in [1.29, 1.82) is 0 Å². The largest absolute Gasteiger partial charge is 0.379 e. The van der Waals surface area contributed by atoms with Gasteiger partial charge in [-0.2, -0.15) is 0 Å². The summed E-state index contributed by atoms with van der Waals surface area (Å²) in [5.41, 5.74) is 1.64. The number of nitrogens with one attached hydrogen (secondary N) is 1. The maximum Gasteiger partial charge on any atom is 0.226 e. The van der Waals surface area contributed by atoms with Crippen molar-refractivity contribution in [1.82, 2.24) is 20.2 Å². The van der Waals surface area contributed by atoms with Gasteiger partial charge in [-0.05, 0) is 18.1 Å². The van der Waals surface area contributed by atoms with Crippen molar-refractivity contribution in [2.75, 3.05) is 32.8 Å². The Morgan fingerprint density at radius 3 is 2.85 bits per heavy atom. The maximum atomic E-state index is 12.4. The summed E-state index contributed by atoms with van der Waals surface area (Å²) < 4.78 is 5.43. The number of ether oxygens (including phenoxy) is 1. The van der Waals surface area contributed by atoms with E-state index < -0.39 is 0 Å². The summed E-state index contributed by atoms with van der Waals surface area (Å²) in [6.07, 6.45) is 2.05. The lowest BCUT2D eigenvalue weighted by Gasteiger charge is -2.36. The summed E-state index contributed by atoms with van der Waals surface area (Å²) in [5.74, 6) is 0.491. The highest BCUT2D eigenvalue weighted by Crippen LogP contribution is 2.21. The van der Waals surface area contributed by atoms with Crippen LogP contribution in [0.25, 0.3) is 10.7 Å². The molecule has 26 heavy (non-hydrogen) atoms. The van der Waals surface area contributed by atoms with Crippen molar-refractivity contribution >= 4 is 17.2 Å². The number of carbonyl (C=O) groups is 1. The number of amides is 1. The minimum atomic E-state index is 0.0155. The number of thiazole rings is 1. The molecule has 0 aromatic carbocycles. The minimum absolute atomic E-state index is 0.0155. The lowest BCUT2D eigenvalue weighted by molar-refractivity contribution is -0.120. The van der Waals surface area contributed by atoms with Crippen LogP contribution in [0.2, 0.25) is 0 Å². The zero-order valence-corrected chi connectivity index (χ0v) is 16.2. The molecule has 6 nitrogen and oxygen atoms in total. The third-order valence-electron chi connectivity index (χ3n) is 4.57. The second kappa shape index (κ2) is 9.21. The Morgan fingerprint density at radius 1 is 1.35 bits per heavy atom. The molecular formula is C19H26N4O2S. The highest BCUT2D eigenvalue weighted by atomic mass is 32.1. The molecule has 0 spiro atoms. The van der Waals surface area contributed by atoms with E-state index in [2.05, 4.69) is 34.0 Å². The van der Waals surface area contributed by atoms with Gasteiger partial charge in [0.1, 0.15) is 5.01 Å². The third kappa shape index (κ3) is 5.09. The molecule has 1 fully saturated rings. The summed E-state index contributed by atoms with van der Waals surface area (Å²) in [6, 6.07) is 6.08. The van der Waals surface area contributed by atoms with E-state index in [0.717, 1.165) is 42.7 Å². The topological polar surface area (TPSA) is 67.4 Å². The third-order valence-corrected chi connectivity index (χ3v) is 5.48. The van der Waals surface area contributed by atoms with Crippen molar-refractivity contribution in [3.63, 3.8) is 0 Å². The maximum absolute atomic E-state index is 12.4. The fourth-order valence-corrected chi connectivity index (χ4v) is 3.93. The predicted molar refractivity (Wildman–Crippen MR) is 103 cm³/mol. The van der Waals surface area contributed by atoms with E-state index >= 15 is 0 Å². The Labute approximate surface area is 158 Å². The van der Waals surface area contributed by atoms with Crippen molar-refractivity contribution in [3.05, 3.63) is 35.5 Å². The van der Waals surface area contributed by atoms with Gasteiger partial charge in [-0.25, -0.2) is 4.98 Å². The number of morpholine rings is 1. The van der Waals surface area contributed by atoms with Crippen LogP contribution in [-0.2, 0) is 16.0 Å². The highest BCUT2D eigenvalue weighted by molar-refractivity contribution is 7.13. The number of nitrogens with zero attached hydrogens (tertiary/aromatic N) is 3. The summed E-state index contributed by atoms with van der Waals surface area (Å²) in [4.78, 5) is 23.6. The van der Waals surface area contributed by atoms with Crippen LogP contribution in [0, 0.1) is 5.92 Å². The first-order valence-corrected chi connectivity index (χ1v) is 9.95. The lowest BCUT2D eigenvalue weighted by Crippen LogP contribution is -2.51. The summed E-state index contributed by atoms with van der Waals surface area (Å²) in [5, 5.41) is 5.87. The lowest BCUT2D eigenvalue weighted by atomic mass is 10.0. The fourth-order valence-electron chi connectivity index (χ4n) is 3.14. The van der Waals surface area contributed by atoms with E-state index in [0.29, 0.717) is 24.9 Å². The SMILES string of the molecule is CC(C)C(CNC(=O)Cc1csc(-c2ccccn2)n1)N1CCOCC1. The zero-order chi connectivity index (χ0) is 18.4. The molecule has 1 aliphatic heterocycles. The zero-order valence-electron chi connectivity index (χ0n) is 15.4. The van der Waals surface area contributed by atoms with Gasteiger partial charge in [-0.1, -0.05) is 19.9 Å². The minimum Gasteiger partial charge on any atom is -0.379 e. The van der Waals surface area contributed by atoms with Gasteiger partial charge < -0.3 is 10.1 Å². The second-order valence-corrected chi connectivity index (χ2v) is 7.66. The molecule has 0 saturated carbocycles. The van der Waals surface area contributed by atoms with E-state index in [9.17, 15) is 4.79 Å². The Hall–Kier alpha value is -1.83. The quantitative estimate of drug-likeness (QED) is 0.805. The highest BCUT2D eigenvalue weighted by Gasteiger charge is 2.24. The molecule has 7 heteroatoms. The number of carbonyl (C=O) groups excluding carboxylic acids is 1. The summed E-state index contributed by atoms with van der Waals surface area (Å²) >= 11 is 1.52. The van der Waals surface area contributed by atoms with E-state index in [-0.39, 0.29) is 5.91 Å². The van der Waals surface area contributed by atoms with Crippen molar-refractivity contribution < 1.29 is 9.53 Å². The molecule has 1 saturated heterocycles. The number of aromatic nitrogens is 2. The van der Waals surface area contributed by atoms with E-state index in [1.54, 1.807) is 6.20 Å². The first kappa shape index (κ1) is 18.9. The van der Waals surface area contributed by atoms with Crippen LogP contribution >= 0.6 is 11.3 Å². The molecule has 3 rings (SSSR count). The molecular weight excluding hydrogens is 348 g/mol. The molecule has 1 unspecified atom stereocenters. The molecule has 0 radical (unpaired) electrons. The van der Waals surface area contributed by atoms with Crippen molar-refractivity contribution in [3.8, 4) is 10.7 Å². The molecule has 2 aromatic heterocycles. The van der Waals surface area contributed by atoms with Crippen LogP contribution in [0.15, 0.2) is 29.8 Å². The number of hydrogen-bond donors (Lipinski definition) is 1. The van der Waals surface area contributed by atoms with E-state index in [1.807, 2.05) is 23.6 Å². The number of rotatable bonds is 7. The van der Waals surface area contributed by atoms with E-state index in [1.165, 1.54) is 11.3 Å². The van der Waals surface area contributed by atoms with Gasteiger partial charge in [0.25, 0.3) is 0 Å². The molecule has 3 heterocycles.